The van der Waals surface area contributed by atoms with Crippen molar-refractivity contribution in [1.29, 1.82) is 0 Å². The maximum atomic E-state index is 5.63. The molecule has 0 aliphatic rings. The highest BCUT2D eigenvalue weighted by molar-refractivity contribution is 8.00. The summed E-state index contributed by atoms with van der Waals surface area (Å²) in [5.74, 6) is 0.691. The minimum absolute atomic E-state index is 0. The van der Waals surface area contributed by atoms with Gasteiger partial charge in [0, 0.05) is 10.8 Å². The highest BCUT2D eigenvalue weighted by atomic mass is 35.5. The molecule has 0 aromatic carbocycles. The van der Waals surface area contributed by atoms with Crippen molar-refractivity contribution in [1.82, 2.24) is 4.98 Å². The Bertz CT molecular complexity index is 237. The Morgan fingerprint density at radius 1 is 1.58 bits per heavy atom. The number of halogens is 2. The minimum Gasteiger partial charge on any atom is -0.235 e. The van der Waals surface area contributed by atoms with Gasteiger partial charge in [0.05, 0.1) is 5.69 Å². The number of thiazole rings is 1. The van der Waals surface area contributed by atoms with Gasteiger partial charge in [-0.3, -0.25) is 0 Å². The second-order valence-corrected chi connectivity index (χ2v) is 4.65. The minimum atomic E-state index is 0. The molecule has 12 heavy (non-hydrogen) atoms. The standard InChI is InChI=1S/C7H10ClNS2.ClH/c1-5-6(3-4-8)11-7(9-5)10-2;/h3-4H2,1-2H3;1H. The molecule has 0 atom stereocenters. The Morgan fingerprint density at radius 2 is 2.25 bits per heavy atom. The van der Waals surface area contributed by atoms with Crippen LogP contribution in [0.5, 0.6) is 0 Å². The van der Waals surface area contributed by atoms with Crippen LogP contribution in [0, 0.1) is 6.92 Å². The lowest BCUT2D eigenvalue weighted by Crippen LogP contribution is -1.83. The normalized spacial score (nSPS) is 9.58. The van der Waals surface area contributed by atoms with Gasteiger partial charge in [0.1, 0.15) is 4.34 Å². The highest BCUT2D eigenvalue weighted by Crippen LogP contribution is 2.25. The lowest BCUT2D eigenvalue weighted by atomic mass is 10.3. The summed E-state index contributed by atoms with van der Waals surface area (Å²) in [6, 6.07) is 0. The van der Waals surface area contributed by atoms with E-state index in [9.17, 15) is 0 Å². The van der Waals surface area contributed by atoms with E-state index in [4.69, 9.17) is 11.6 Å². The van der Waals surface area contributed by atoms with Crippen LogP contribution in [0.4, 0.5) is 0 Å². The summed E-state index contributed by atoms with van der Waals surface area (Å²) in [5, 5.41) is 0. The molecule has 0 radical (unpaired) electrons. The third-order valence-electron chi connectivity index (χ3n) is 1.37. The zero-order valence-electron chi connectivity index (χ0n) is 6.96. The summed E-state index contributed by atoms with van der Waals surface area (Å²) < 4.78 is 1.14. The average molecular weight is 244 g/mol. The first-order valence-corrected chi connectivity index (χ1v) is 5.91. The molecule has 1 rings (SSSR count). The van der Waals surface area contributed by atoms with Crippen LogP contribution in [-0.2, 0) is 6.42 Å². The molecule has 0 spiro atoms. The number of rotatable bonds is 3. The lowest BCUT2D eigenvalue weighted by Gasteiger charge is -1.89. The summed E-state index contributed by atoms with van der Waals surface area (Å²) in [6.07, 6.45) is 2.99. The van der Waals surface area contributed by atoms with Gasteiger partial charge >= 0.3 is 0 Å². The second-order valence-electron chi connectivity index (χ2n) is 2.13. The van der Waals surface area contributed by atoms with Crippen LogP contribution in [0.15, 0.2) is 4.34 Å². The highest BCUT2D eigenvalue weighted by Gasteiger charge is 2.04. The van der Waals surface area contributed by atoms with Crippen LogP contribution in [0.2, 0.25) is 0 Å². The molecule has 0 aliphatic heterocycles. The zero-order valence-corrected chi connectivity index (χ0v) is 10.2. The average Bonchev–Trinajstić information content (AvgIpc) is 2.33. The molecule has 0 aliphatic carbocycles. The smallest absolute Gasteiger partial charge is 0.150 e. The van der Waals surface area contributed by atoms with Gasteiger partial charge < -0.3 is 0 Å². The Hall–Kier alpha value is 0.560. The van der Waals surface area contributed by atoms with Gasteiger partial charge in [0.2, 0.25) is 0 Å². The molecular weight excluding hydrogens is 233 g/mol. The quantitative estimate of drug-likeness (QED) is 0.597. The van der Waals surface area contributed by atoms with E-state index < -0.39 is 0 Å². The van der Waals surface area contributed by atoms with Gasteiger partial charge in [-0.1, -0.05) is 11.8 Å². The summed E-state index contributed by atoms with van der Waals surface area (Å²) in [4.78, 5) is 5.69. The molecule has 0 saturated carbocycles. The van der Waals surface area contributed by atoms with E-state index in [0.29, 0.717) is 5.88 Å². The fourth-order valence-electron chi connectivity index (χ4n) is 0.806. The summed E-state index contributed by atoms with van der Waals surface area (Å²) in [5.41, 5.74) is 1.14. The van der Waals surface area contributed by atoms with E-state index >= 15 is 0 Å². The molecule has 70 valence electrons. The third-order valence-corrected chi connectivity index (χ3v) is 3.76. The number of nitrogens with zero attached hydrogens (tertiary/aromatic N) is 1. The molecule has 5 heteroatoms. The number of aryl methyl sites for hydroxylation is 2. The van der Waals surface area contributed by atoms with Crippen molar-refractivity contribution in [2.24, 2.45) is 0 Å². The Morgan fingerprint density at radius 3 is 2.67 bits per heavy atom. The van der Waals surface area contributed by atoms with Crippen LogP contribution in [-0.4, -0.2) is 17.1 Å². The molecule has 0 unspecified atom stereocenters. The molecule has 0 fully saturated rings. The third kappa shape index (κ3) is 3.13. The van der Waals surface area contributed by atoms with Crippen molar-refractivity contribution in [3.05, 3.63) is 10.6 Å². The van der Waals surface area contributed by atoms with Crippen molar-refractivity contribution in [3.8, 4) is 0 Å². The summed E-state index contributed by atoms with van der Waals surface area (Å²) in [7, 11) is 0. The molecule has 1 aromatic rings. The molecule has 1 heterocycles. The Balaban J connectivity index is 0.00000121. The fraction of sp³-hybridized carbons (Fsp3) is 0.571. The molecule has 1 nitrogen and oxygen atoms in total. The van der Waals surface area contributed by atoms with E-state index in [0.717, 1.165) is 16.5 Å². The van der Waals surface area contributed by atoms with Gasteiger partial charge in [-0.25, -0.2) is 4.98 Å². The van der Waals surface area contributed by atoms with E-state index in [1.165, 1.54) is 4.88 Å². The maximum absolute atomic E-state index is 5.63. The van der Waals surface area contributed by atoms with Crippen LogP contribution in [0.25, 0.3) is 0 Å². The van der Waals surface area contributed by atoms with Crippen LogP contribution >= 0.6 is 47.1 Å². The Labute approximate surface area is 92.3 Å². The summed E-state index contributed by atoms with van der Waals surface area (Å²) in [6.45, 7) is 2.04. The van der Waals surface area contributed by atoms with Crippen molar-refractivity contribution < 1.29 is 0 Å². The van der Waals surface area contributed by atoms with Crippen LogP contribution in [0.3, 0.4) is 0 Å². The largest absolute Gasteiger partial charge is 0.235 e. The lowest BCUT2D eigenvalue weighted by molar-refractivity contribution is 1.09. The van der Waals surface area contributed by atoms with E-state index in [1.54, 1.807) is 23.1 Å². The Kier molecular flexibility index (Phi) is 6.36. The number of hydrogen-bond acceptors (Lipinski definition) is 3. The molecular formula is C7H11Cl2NS2. The molecule has 0 saturated heterocycles. The predicted octanol–water partition coefficient (Wildman–Crippen LogP) is 3.38. The topological polar surface area (TPSA) is 12.9 Å². The van der Waals surface area contributed by atoms with Gasteiger partial charge in [0.25, 0.3) is 0 Å². The summed E-state index contributed by atoms with van der Waals surface area (Å²) >= 11 is 9.08. The van der Waals surface area contributed by atoms with E-state index in [2.05, 4.69) is 4.98 Å². The molecule has 0 amide bonds. The molecule has 0 N–H and O–H groups in total. The van der Waals surface area contributed by atoms with Gasteiger partial charge in [-0.15, -0.1) is 35.3 Å². The molecule has 0 bridgehead atoms. The first-order valence-electron chi connectivity index (χ1n) is 3.34. The number of hydrogen-bond donors (Lipinski definition) is 0. The van der Waals surface area contributed by atoms with Gasteiger partial charge in [-0.2, -0.15) is 0 Å². The SMILES string of the molecule is CSc1nc(C)c(CCCl)s1.Cl. The number of aromatic nitrogens is 1. The zero-order chi connectivity index (χ0) is 8.27. The van der Waals surface area contributed by atoms with Gasteiger partial charge in [-0.05, 0) is 19.6 Å². The maximum Gasteiger partial charge on any atom is 0.150 e. The van der Waals surface area contributed by atoms with Crippen LogP contribution in [0.1, 0.15) is 10.6 Å². The van der Waals surface area contributed by atoms with Crippen molar-refractivity contribution in [3.63, 3.8) is 0 Å². The monoisotopic (exact) mass is 243 g/mol. The van der Waals surface area contributed by atoms with E-state index in [-0.39, 0.29) is 12.4 Å². The van der Waals surface area contributed by atoms with Crippen LogP contribution < -0.4 is 0 Å². The number of alkyl halides is 1. The first-order chi connectivity index (χ1) is 5.27. The first kappa shape index (κ1) is 12.6. The fourth-order valence-corrected chi connectivity index (χ4v) is 2.76. The second kappa shape index (κ2) is 6.08. The number of thioether (sulfide) groups is 1. The van der Waals surface area contributed by atoms with Crippen molar-refractivity contribution in [2.75, 3.05) is 12.1 Å². The van der Waals surface area contributed by atoms with Crippen molar-refractivity contribution in [2.45, 2.75) is 17.7 Å². The molecule has 1 aromatic heterocycles. The van der Waals surface area contributed by atoms with Crippen molar-refractivity contribution >= 4 is 47.1 Å². The van der Waals surface area contributed by atoms with Gasteiger partial charge in [0.15, 0.2) is 0 Å². The predicted molar refractivity (Wildman–Crippen MR) is 60.3 cm³/mol. The van der Waals surface area contributed by atoms with E-state index in [1.807, 2.05) is 13.2 Å².